The fraction of sp³-hybridized carbons (Fsp3) is 0.364. The van der Waals surface area contributed by atoms with Crippen molar-refractivity contribution < 1.29 is 23.1 Å². The quantitative estimate of drug-likeness (QED) is 0.868. The van der Waals surface area contributed by atoms with E-state index in [1.54, 1.807) is 14.1 Å². The van der Waals surface area contributed by atoms with Crippen molar-refractivity contribution in [1.82, 2.24) is 4.90 Å². The Morgan fingerprint density at radius 2 is 1.71 bits per heavy atom. The number of nitrogens with zero attached hydrogens (tertiary/aromatic N) is 1. The first-order chi connectivity index (χ1) is 7.73. The van der Waals surface area contributed by atoms with Gasteiger partial charge in [-0.2, -0.15) is 13.2 Å². The van der Waals surface area contributed by atoms with Crippen molar-refractivity contribution in [3.8, 4) is 0 Å². The largest absolute Gasteiger partial charge is 0.418 e. The summed E-state index contributed by atoms with van der Waals surface area (Å²) in [5.41, 5.74) is -0.0130. The monoisotopic (exact) mass is 247 g/mol. The Morgan fingerprint density at radius 3 is 2.06 bits per heavy atom. The van der Waals surface area contributed by atoms with Crippen LogP contribution in [0, 0.1) is 0 Å². The number of aliphatic hydroxyl groups is 1. The Kier molecular flexibility index (Phi) is 3.77. The molecule has 0 aromatic heterocycles. The number of rotatable bonds is 2. The van der Waals surface area contributed by atoms with Crippen molar-refractivity contribution in [2.45, 2.75) is 12.3 Å². The lowest BCUT2D eigenvalue weighted by atomic mass is 10.1. The van der Waals surface area contributed by atoms with Crippen LogP contribution in [0.5, 0.6) is 0 Å². The Hall–Kier alpha value is -1.56. The number of alkyl halides is 3. The lowest BCUT2D eigenvalue weighted by molar-refractivity contribution is -0.206. The molecule has 1 rings (SSSR count). The van der Waals surface area contributed by atoms with E-state index in [1.807, 2.05) is 0 Å². The van der Waals surface area contributed by atoms with Gasteiger partial charge in [-0.05, 0) is 17.7 Å². The number of carbonyl (C=O) groups excluding carboxylic acids is 1. The van der Waals surface area contributed by atoms with Gasteiger partial charge in [0, 0.05) is 19.7 Å². The molecular weight excluding hydrogens is 235 g/mol. The number of aliphatic hydroxyl groups excluding tert-OH is 1. The Bertz CT molecular complexity index is 398. The summed E-state index contributed by atoms with van der Waals surface area (Å²) in [6.45, 7) is 0. The number of amides is 1. The molecule has 6 heteroatoms. The summed E-state index contributed by atoms with van der Waals surface area (Å²) in [4.78, 5) is 12.8. The number of benzene rings is 1. The first-order valence-electron chi connectivity index (χ1n) is 4.80. The van der Waals surface area contributed by atoms with E-state index in [1.165, 1.54) is 17.0 Å². The Labute approximate surface area is 96.5 Å². The third kappa shape index (κ3) is 3.20. The van der Waals surface area contributed by atoms with Crippen LogP contribution in [-0.4, -0.2) is 36.2 Å². The highest BCUT2D eigenvalue weighted by Gasteiger charge is 2.39. The number of hydrogen-bond acceptors (Lipinski definition) is 2. The maximum absolute atomic E-state index is 12.2. The van der Waals surface area contributed by atoms with E-state index in [0.29, 0.717) is 0 Å². The summed E-state index contributed by atoms with van der Waals surface area (Å²) in [6, 6.07) is 4.70. The van der Waals surface area contributed by atoms with Gasteiger partial charge in [0.1, 0.15) is 0 Å². The van der Waals surface area contributed by atoms with E-state index in [2.05, 4.69) is 0 Å². The molecule has 0 bridgehead atoms. The number of hydrogen-bond donors (Lipinski definition) is 1. The lowest BCUT2D eigenvalue weighted by Crippen LogP contribution is -2.22. The SMILES string of the molecule is CN(C)C(=O)c1ccc(C(O)C(F)(F)F)cc1. The molecule has 0 aliphatic heterocycles. The average molecular weight is 247 g/mol. The molecule has 0 radical (unpaired) electrons. The molecule has 0 spiro atoms. The van der Waals surface area contributed by atoms with Crippen molar-refractivity contribution >= 4 is 5.91 Å². The van der Waals surface area contributed by atoms with Gasteiger partial charge in [-0.25, -0.2) is 0 Å². The first kappa shape index (κ1) is 13.5. The zero-order chi connectivity index (χ0) is 13.2. The summed E-state index contributed by atoms with van der Waals surface area (Å²) in [5.74, 6) is -0.307. The average Bonchev–Trinajstić information content (AvgIpc) is 2.26. The first-order valence-corrected chi connectivity index (χ1v) is 4.80. The molecule has 1 N–H and O–H groups in total. The molecule has 1 amide bonds. The van der Waals surface area contributed by atoms with Crippen LogP contribution in [0.4, 0.5) is 13.2 Å². The van der Waals surface area contributed by atoms with Gasteiger partial charge < -0.3 is 10.0 Å². The highest BCUT2D eigenvalue weighted by molar-refractivity contribution is 5.93. The summed E-state index contributed by atoms with van der Waals surface area (Å²) in [6.07, 6.45) is -7.22. The molecule has 3 nitrogen and oxygen atoms in total. The minimum Gasteiger partial charge on any atom is -0.379 e. The van der Waals surface area contributed by atoms with Gasteiger partial charge in [-0.1, -0.05) is 12.1 Å². The van der Waals surface area contributed by atoms with Crippen LogP contribution in [0.25, 0.3) is 0 Å². The summed E-state index contributed by atoms with van der Waals surface area (Å²) in [7, 11) is 3.08. The van der Waals surface area contributed by atoms with Crippen LogP contribution >= 0.6 is 0 Å². The van der Waals surface area contributed by atoms with Crippen LogP contribution in [-0.2, 0) is 0 Å². The third-order valence-corrected chi connectivity index (χ3v) is 2.19. The maximum atomic E-state index is 12.2. The zero-order valence-corrected chi connectivity index (χ0v) is 9.32. The molecular formula is C11H12F3NO2. The minimum absolute atomic E-state index is 0.271. The van der Waals surface area contributed by atoms with Crippen molar-refractivity contribution in [2.24, 2.45) is 0 Å². The van der Waals surface area contributed by atoms with Gasteiger partial charge in [0.05, 0.1) is 0 Å². The van der Waals surface area contributed by atoms with Gasteiger partial charge in [0.15, 0.2) is 6.10 Å². The molecule has 0 saturated heterocycles. The van der Waals surface area contributed by atoms with E-state index in [9.17, 15) is 18.0 Å². The van der Waals surface area contributed by atoms with Gasteiger partial charge in [0.25, 0.3) is 5.91 Å². The van der Waals surface area contributed by atoms with Crippen LogP contribution in [0.1, 0.15) is 22.0 Å². The maximum Gasteiger partial charge on any atom is 0.418 e. The number of carbonyl (C=O) groups is 1. The predicted octanol–water partition coefficient (Wildman–Crippen LogP) is 1.98. The Morgan fingerprint density at radius 1 is 1.24 bits per heavy atom. The van der Waals surface area contributed by atoms with Crippen molar-refractivity contribution in [2.75, 3.05) is 14.1 Å². The smallest absolute Gasteiger partial charge is 0.379 e. The molecule has 0 fully saturated rings. The second kappa shape index (κ2) is 4.75. The van der Waals surface area contributed by atoms with Crippen molar-refractivity contribution in [3.63, 3.8) is 0 Å². The predicted molar refractivity (Wildman–Crippen MR) is 55.5 cm³/mol. The molecule has 0 aliphatic rings. The van der Waals surface area contributed by atoms with Crippen molar-refractivity contribution in [3.05, 3.63) is 35.4 Å². The standard InChI is InChI=1S/C11H12F3NO2/c1-15(2)10(17)8-5-3-7(4-6-8)9(16)11(12,13)14/h3-6,9,16H,1-2H3. The lowest BCUT2D eigenvalue weighted by Gasteiger charge is -2.15. The van der Waals surface area contributed by atoms with Gasteiger partial charge >= 0.3 is 6.18 Å². The van der Waals surface area contributed by atoms with E-state index in [-0.39, 0.29) is 17.0 Å². The topological polar surface area (TPSA) is 40.5 Å². The fourth-order valence-electron chi connectivity index (χ4n) is 1.26. The van der Waals surface area contributed by atoms with E-state index in [4.69, 9.17) is 5.11 Å². The molecule has 0 heterocycles. The van der Waals surface area contributed by atoms with Crippen molar-refractivity contribution in [1.29, 1.82) is 0 Å². The molecule has 0 aliphatic carbocycles. The summed E-state index contributed by atoms with van der Waals surface area (Å²) >= 11 is 0. The minimum atomic E-state index is -4.70. The normalized spacial score (nSPS) is 13.3. The van der Waals surface area contributed by atoms with E-state index in [0.717, 1.165) is 12.1 Å². The molecule has 17 heavy (non-hydrogen) atoms. The van der Waals surface area contributed by atoms with Gasteiger partial charge in [0.2, 0.25) is 0 Å². The molecule has 1 aromatic carbocycles. The third-order valence-electron chi connectivity index (χ3n) is 2.19. The molecule has 1 aromatic rings. The second-order valence-corrected chi connectivity index (χ2v) is 3.77. The molecule has 1 atom stereocenters. The summed E-state index contributed by atoms with van der Waals surface area (Å²) < 4.78 is 36.6. The summed E-state index contributed by atoms with van der Waals surface area (Å²) in [5, 5.41) is 8.98. The van der Waals surface area contributed by atoms with E-state index < -0.39 is 12.3 Å². The zero-order valence-electron chi connectivity index (χ0n) is 9.32. The molecule has 1 unspecified atom stereocenters. The highest BCUT2D eigenvalue weighted by atomic mass is 19.4. The van der Waals surface area contributed by atoms with Crippen LogP contribution in [0.15, 0.2) is 24.3 Å². The Balaban J connectivity index is 2.93. The highest BCUT2D eigenvalue weighted by Crippen LogP contribution is 2.32. The van der Waals surface area contributed by atoms with Crippen LogP contribution in [0.3, 0.4) is 0 Å². The fourth-order valence-corrected chi connectivity index (χ4v) is 1.26. The van der Waals surface area contributed by atoms with Gasteiger partial charge in [-0.15, -0.1) is 0 Å². The van der Waals surface area contributed by atoms with Crippen LogP contribution < -0.4 is 0 Å². The molecule has 94 valence electrons. The van der Waals surface area contributed by atoms with E-state index >= 15 is 0 Å². The second-order valence-electron chi connectivity index (χ2n) is 3.77. The number of halogens is 3. The van der Waals surface area contributed by atoms with Crippen LogP contribution in [0.2, 0.25) is 0 Å². The molecule has 0 saturated carbocycles. The van der Waals surface area contributed by atoms with Gasteiger partial charge in [-0.3, -0.25) is 4.79 Å².